The van der Waals surface area contributed by atoms with Gasteiger partial charge in [-0.05, 0) is 40.9 Å². The van der Waals surface area contributed by atoms with Gasteiger partial charge >= 0.3 is 0 Å². The number of benzene rings is 1. The van der Waals surface area contributed by atoms with Gasteiger partial charge in [-0.25, -0.2) is 0 Å². The Morgan fingerprint density at radius 2 is 1.94 bits per heavy atom. The largest absolute Gasteiger partial charge is 0.385 e. The summed E-state index contributed by atoms with van der Waals surface area (Å²) in [6, 6.07) is 7.00. The molecule has 1 nitrogen and oxygen atoms in total. The molecule has 1 N–H and O–H groups in total. The van der Waals surface area contributed by atoms with E-state index in [1.165, 1.54) is 23.2 Å². The average molecular weight is 231 g/mol. The molecule has 1 heteroatoms. The molecule has 17 heavy (non-hydrogen) atoms. The summed E-state index contributed by atoms with van der Waals surface area (Å²) in [7, 11) is 0. The molecule has 94 valence electrons. The van der Waals surface area contributed by atoms with Crippen LogP contribution in [0, 0.1) is 5.92 Å². The minimum absolute atomic E-state index is 0.238. The van der Waals surface area contributed by atoms with Gasteiger partial charge in [0.1, 0.15) is 0 Å². The third-order valence-corrected chi connectivity index (χ3v) is 3.89. The van der Waals surface area contributed by atoms with Crippen LogP contribution < -0.4 is 5.32 Å². The molecule has 1 heterocycles. The molecule has 0 saturated heterocycles. The van der Waals surface area contributed by atoms with Gasteiger partial charge in [-0.3, -0.25) is 0 Å². The van der Waals surface area contributed by atoms with E-state index in [1.54, 1.807) is 0 Å². The lowest BCUT2D eigenvalue weighted by atomic mass is 9.79. The summed E-state index contributed by atoms with van der Waals surface area (Å²) < 4.78 is 0. The van der Waals surface area contributed by atoms with Gasteiger partial charge in [0.15, 0.2) is 0 Å². The van der Waals surface area contributed by atoms with Crippen LogP contribution in [0.2, 0.25) is 0 Å². The molecule has 1 aliphatic rings. The first-order valence-electron chi connectivity index (χ1n) is 6.78. The lowest BCUT2D eigenvalue weighted by Crippen LogP contribution is -2.21. The van der Waals surface area contributed by atoms with Crippen LogP contribution in [0.25, 0.3) is 0 Å². The fraction of sp³-hybridized carbons (Fsp3) is 0.625. The highest BCUT2D eigenvalue weighted by Gasteiger charge is 2.24. The minimum Gasteiger partial charge on any atom is -0.385 e. The van der Waals surface area contributed by atoms with Crippen LogP contribution >= 0.6 is 0 Å². The van der Waals surface area contributed by atoms with Crippen molar-refractivity contribution in [3.8, 4) is 0 Å². The highest BCUT2D eigenvalue weighted by Crippen LogP contribution is 2.38. The minimum atomic E-state index is 0.238. The van der Waals surface area contributed by atoms with E-state index in [0.717, 1.165) is 18.4 Å². The fourth-order valence-corrected chi connectivity index (χ4v) is 2.71. The Hall–Kier alpha value is -0.980. The Morgan fingerprint density at radius 3 is 2.53 bits per heavy atom. The third kappa shape index (κ3) is 2.48. The highest BCUT2D eigenvalue weighted by molar-refractivity contribution is 5.57. The standard InChI is InChI=1S/C16H25N/c1-11(2)13-8-9-17-15-10-12(16(3,4)5)6-7-14(13)15/h6-7,10-11,13,17H,8-9H2,1-5H3. The Morgan fingerprint density at radius 1 is 1.24 bits per heavy atom. The maximum absolute atomic E-state index is 3.56. The Bertz CT molecular complexity index is 398. The second-order valence-corrected chi connectivity index (χ2v) is 6.62. The SMILES string of the molecule is CC(C)C1CCNc2cc(C(C)(C)C)ccc21. The van der Waals surface area contributed by atoms with E-state index >= 15 is 0 Å². The molecule has 0 fully saturated rings. The molecular weight excluding hydrogens is 206 g/mol. The summed E-state index contributed by atoms with van der Waals surface area (Å²) in [5.41, 5.74) is 4.54. The topological polar surface area (TPSA) is 12.0 Å². The molecule has 0 spiro atoms. The van der Waals surface area contributed by atoms with Crippen molar-refractivity contribution in [1.29, 1.82) is 0 Å². The molecule has 1 aromatic carbocycles. The molecule has 0 radical (unpaired) electrons. The zero-order valence-corrected chi connectivity index (χ0v) is 11.8. The van der Waals surface area contributed by atoms with Crippen molar-refractivity contribution in [2.24, 2.45) is 5.92 Å². The smallest absolute Gasteiger partial charge is 0.0378 e. The fourth-order valence-electron chi connectivity index (χ4n) is 2.71. The molecule has 0 aromatic heterocycles. The first kappa shape index (κ1) is 12.5. The number of nitrogens with one attached hydrogen (secondary N) is 1. The van der Waals surface area contributed by atoms with Crippen molar-refractivity contribution in [3.05, 3.63) is 29.3 Å². The van der Waals surface area contributed by atoms with Gasteiger partial charge in [0, 0.05) is 12.2 Å². The van der Waals surface area contributed by atoms with Gasteiger partial charge in [-0.15, -0.1) is 0 Å². The number of hydrogen-bond acceptors (Lipinski definition) is 1. The molecule has 0 amide bonds. The van der Waals surface area contributed by atoms with Crippen LogP contribution in [0.1, 0.15) is 58.1 Å². The number of rotatable bonds is 1. The van der Waals surface area contributed by atoms with E-state index in [0.29, 0.717) is 0 Å². The summed E-state index contributed by atoms with van der Waals surface area (Å²) >= 11 is 0. The van der Waals surface area contributed by atoms with Gasteiger partial charge in [-0.1, -0.05) is 46.8 Å². The third-order valence-electron chi connectivity index (χ3n) is 3.89. The normalized spacial score (nSPS) is 20.0. The lowest BCUT2D eigenvalue weighted by Gasteiger charge is -2.31. The molecule has 1 atom stereocenters. The van der Waals surface area contributed by atoms with Gasteiger partial charge in [0.2, 0.25) is 0 Å². The second-order valence-electron chi connectivity index (χ2n) is 6.62. The zero-order chi connectivity index (χ0) is 12.6. The summed E-state index contributed by atoms with van der Waals surface area (Å²) in [5.74, 6) is 1.46. The summed E-state index contributed by atoms with van der Waals surface area (Å²) in [6.45, 7) is 12.6. The number of hydrogen-bond donors (Lipinski definition) is 1. The van der Waals surface area contributed by atoms with Crippen LogP contribution in [0.15, 0.2) is 18.2 Å². The zero-order valence-electron chi connectivity index (χ0n) is 11.8. The van der Waals surface area contributed by atoms with Gasteiger partial charge in [0.05, 0.1) is 0 Å². The van der Waals surface area contributed by atoms with Crippen LogP contribution in [0.3, 0.4) is 0 Å². The predicted octanol–water partition coefficient (Wildman–Crippen LogP) is 4.54. The quantitative estimate of drug-likeness (QED) is 0.748. The molecule has 1 aromatic rings. The van der Waals surface area contributed by atoms with Crippen molar-refractivity contribution < 1.29 is 0 Å². The second kappa shape index (κ2) is 4.36. The van der Waals surface area contributed by atoms with Crippen molar-refractivity contribution in [3.63, 3.8) is 0 Å². The van der Waals surface area contributed by atoms with Crippen molar-refractivity contribution in [2.75, 3.05) is 11.9 Å². The number of anilines is 1. The van der Waals surface area contributed by atoms with E-state index in [4.69, 9.17) is 0 Å². The van der Waals surface area contributed by atoms with E-state index in [-0.39, 0.29) is 5.41 Å². The van der Waals surface area contributed by atoms with E-state index < -0.39 is 0 Å². The van der Waals surface area contributed by atoms with Crippen molar-refractivity contribution >= 4 is 5.69 Å². The molecular formula is C16H25N. The van der Waals surface area contributed by atoms with Crippen LogP contribution in [-0.4, -0.2) is 6.54 Å². The van der Waals surface area contributed by atoms with Crippen LogP contribution in [0.4, 0.5) is 5.69 Å². The Balaban J connectivity index is 2.40. The van der Waals surface area contributed by atoms with E-state index in [9.17, 15) is 0 Å². The summed E-state index contributed by atoms with van der Waals surface area (Å²) in [6.07, 6.45) is 1.26. The molecule has 1 aliphatic heterocycles. The van der Waals surface area contributed by atoms with E-state index in [2.05, 4.69) is 58.1 Å². The first-order chi connectivity index (χ1) is 7.89. The Labute approximate surface area is 106 Å². The van der Waals surface area contributed by atoms with Crippen LogP contribution in [-0.2, 0) is 5.41 Å². The molecule has 0 bridgehead atoms. The van der Waals surface area contributed by atoms with Crippen molar-refractivity contribution in [2.45, 2.75) is 52.4 Å². The summed E-state index contributed by atoms with van der Waals surface area (Å²) in [4.78, 5) is 0. The Kier molecular flexibility index (Phi) is 3.20. The number of fused-ring (bicyclic) bond motifs is 1. The maximum Gasteiger partial charge on any atom is 0.0378 e. The van der Waals surface area contributed by atoms with Gasteiger partial charge < -0.3 is 5.32 Å². The predicted molar refractivity (Wildman–Crippen MR) is 75.8 cm³/mol. The highest BCUT2D eigenvalue weighted by atomic mass is 14.9. The van der Waals surface area contributed by atoms with Gasteiger partial charge in [-0.2, -0.15) is 0 Å². The summed E-state index contributed by atoms with van der Waals surface area (Å²) in [5, 5.41) is 3.56. The molecule has 0 saturated carbocycles. The molecule has 0 aliphatic carbocycles. The van der Waals surface area contributed by atoms with Gasteiger partial charge in [0.25, 0.3) is 0 Å². The monoisotopic (exact) mass is 231 g/mol. The maximum atomic E-state index is 3.56. The molecule has 1 unspecified atom stereocenters. The molecule has 2 rings (SSSR count). The first-order valence-corrected chi connectivity index (χ1v) is 6.78. The van der Waals surface area contributed by atoms with Crippen molar-refractivity contribution in [1.82, 2.24) is 0 Å². The lowest BCUT2D eigenvalue weighted by molar-refractivity contribution is 0.468. The van der Waals surface area contributed by atoms with E-state index in [1.807, 2.05) is 0 Å². The average Bonchev–Trinajstić information content (AvgIpc) is 2.26. The van der Waals surface area contributed by atoms with Crippen LogP contribution in [0.5, 0.6) is 0 Å².